The fourth-order valence-electron chi connectivity index (χ4n) is 4.19. The Labute approximate surface area is 190 Å². The van der Waals surface area contributed by atoms with E-state index < -0.39 is 6.03 Å². The molecule has 0 saturated carbocycles. The lowest BCUT2D eigenvalue weighted by Gasteiger charge is -2.24. The molecule has 0 aliphatic carbocycles. The molecule has 5 rings (SSSR count). The Morgan fingerprint density at radius 1 is 1.33 bits per heavy atom. The molecule has 4 aromatic rings. The highest BCUT2D eigenvalue weighted by molar-refractivity contribution is 5.96. The van der Waals surface area contributed by atoms with E-state index in [-0.39, 0.29) is 6.54 Å². The monoisotopic (exact) mass is 444 g/mol. The molecule has 0 unspecified atom stereocenters. The quantitative estimate of drug-likeness (QED) is 0.408. The van der Waals surface area contributed by atoms with E-state index in [9.17, 15) is 4.79 Å². The van der Waals surface area contributed by atoms with Crippen molar-refractivity contribution in [1.29, 1.82) is 0 Å². The van der Waals surface area contributed by atoms with Crippen LogP contribution in [-0.4, -0.2) is 57.0 Å². The third-order valence-electron chi connectivity index (χ3n) is 5.78. The Hall–Kier alpha value is -4.10. The highest BCUT2D eigenvalue weighted by atomic mass is 16.5. The highest BCUT2D eigenvalue weighted by Gasteiger charge is 2.22. The molecule has 2 amide bonds. The Balaban J connectivity index is 1.62. The van der Waals surface area contributed by atoms with Crippen LogP contribution in [0, 0.1) is 12.3 Å². The SMILES string of the molecule is C#CCNC(=O)Nc1cnn2c(NC)cc(-c3cn(C4CCOCC4)c4ncccc34)nc12. The molecule has 0 bridgehead atoms. The van der Waals surface area contributed by atoms with Gasteiger partial charge in [-0.3, -0.25) is 0 Å². The molecule has 0 radical (unpaired) electrons. The molecule has 168 valence electrons. The topological polar surface area (TPSA) is 110 Å². The van der Waals surface area contributed by atoms with Crippen molar-refractivity contribution in [2.24, 2.45) is 0 Å². The van der Waals surface area contributed by atoms with Crippen LogP contribution in [0.5, 0.6) is 0 Å². The van der Waals surface area contributed by atoms with Gasteiger partial charge in [-0.05, 0) is 25.0 Å². The number of aromatic nitrogens is 5. The lowest BCUT2D eigenvalue weighted by atomic mass is 10.1. The van der Waals surface area contributed by atoms with Crippen LogP contribution in [-0.2, 0) is 4.74 Å². The number of terminal acetylenes is 1. The summed E-state index contributed by atoms with van der Waals surface area (Å²) in [7, 11) is 1.82. The predicted molar refractivity (Wildman–Crippen MR) is 126 cm³/mol. The van der Waals surface area contributed by atoms with Crippen LogP contribution < -0.4 is 16.0 Å². The van der Waals surface area contributed by atoms with E-state index in [4.69, 9.17) is 16.1 Å². The van der Waals surface area contributed by atoms with Crippen molar-refractivity contribution in [2.75, 3.05) is 37.4 Å². The first-order valence-corrected chi connectivity index (χ1v) is 10.8. The summed E-state index contributed by atoms with van der Waals surface area (Å²) in [6, 6.07) is 5.84. The van der Waals surface area contributed by atoms with Gasteiger partial charge < -0.3 is 25.3 Å². The molecule has 33 heavy (non-hydrogen) atoms. The van der Waals surface area contributed by atoms with Crippen molar-refractivity contribution < 1.29 is 9.53 Å². The van der Waals surface area contributed by atoms with E-state index in [1.54, 1.807) is 10.7 Å². The molecule has 4 aromatic heterocycles. The maximum atomic E-state index is 12.2. The summed E-state index contributed by atoms with van der Waals surface area (Å²) < 4.78 is 9.44. The number of urea groups is 1. The Bertz CT molecular complexity index is 1360. The number of hydrogen-bond donors (Lipinski definition) is 3. The van der Waals surface area contributed by atoms with Gasteiger partial charge in [0.1, 0.15) is 17.2 Å². The molecule has 1 aliphatic heterocycles. The van der Waals surface area contributed by atoms with Crippen molar-refractivity contribution in [3.8, 4) is 23.6 Å². The molecule has 1 fully saturated rings. The van der Waals surface area contributed by atoms with Crippen molar-refractivity contribution in [3.05, 3.63) is 36.8 Å². The Morgan fingerprint density at radius 2 is 2.18 bits per heavy atom. The van der Waals surface area contributed by atoms with Gasteiger partial charge in [0.2, 0.25) is 0 Å². The van der Waals surface area contributed by atoms with Crippen LogP contribution in [0.4, 0.5) is 16.3 Å². The molecular weight excluding hydrogens is 420 g/mol. The summed E-state index contributed by atoms with van der Waals surface area (Å²) >= 11 is 0. The molecule has 10 nitrogen and oxygen atoms in total. The number of carbonyl (C=O) groups is 1. The molecule has 1 saturated heterocycles. The van der Waals surface area contributed by atoms with Gasteiger partial charge >= 0.3 is 6.03 Å². The zero-order chi connectivity index (χ0) is 22.8. The van der Waals surface area contributed by atoms with Crippen LogP contribution >= 0.6 is 0 Å². The number of rotatable bonds is 5. The minimum atomic E-state index is -0.415. The van der Waals surface area contributed by atoms with Crippen molar-refractivity contribution in [3.63, 3.8) is 0 Å². The van der Waals surface area contributed by atoms with E-state index in [0.29, 0.717) is 17.4 Å². The maximum Gasteiger partial charge on any atom is 0.320 e. The molecule has 0 spiro atoms. The van der Waals surface area contributed by atoms with Crippen molar-refractivity contribution >= 4 is 34.2 Å². The molecule has 1 aliphatic rings. The first-order valence-electron chi connectivity index (χ1n) is 10.8. The van der Waals surface area contributed by atoms with E-state index >= 15 is 0 Å². The predicted octanol–water partition coefficient (Wildman–Crippen LogP) is 2.89. The molecule has 3 N–H and O–H groups in total. The molecule has 0 atom stereocenters. The van der Waals surface area contributed by atoms with E-state index in [0.717, 1.165) is 54.2 Å². The lowest BCUT2D eigenvalue weighted by Crippen LogP contribution is -2.28. The zero-order valence-corrected chi connectivity index (χ0v) is 18.2. The Morgan fingerprint density at radius 3 is 2.97 bits per heavy atom. The average Bonchev–Trinajstić information content (AvgIpc) is 3.44. The van der Waals surface area contributed by atoms with Gasteiger partial charge in [-0.1, -0.05) is 5.92 Å². The van der Waals surface area contributed by atoms with Crippen molar-refractivity contribution in [1.82, 2.24) is 29.5 Å². The summed E-state index contributed by atoms with van der Waals surface area (Å²) in [5.41, 5.74) is 3.64. The number of ether oxygens (including phenoxy) is 1. The number of pyridine rings is 1. The second kappa shape index (κ2) is 8.80. The van der Waals surface area contributed by atoms with E-state index in [1.165, 1.54) is 0 Å². The normalized spacial score (nSPS) is 14.3. The van der Waals surface area contributed by atoms with Gasteiger partial charge in [0.25, 0.3) is 0 Å². The van der Waals surface area contributed by atoms with Crippen LogP contribution in [0.3, 0.4) is 0 Å². The number of hydrogen-bond acceptors (Lipinski definition) is 6. The molecular formula is C23H24N8O2. The summed E-state index contributed by atoms with van der Waals surface area (Å²) in [5.74, 6) is 3.11. The van der Waals surface area contributed by atoms with Crippen molar-refractivity contribution in [2.45, 2.75) is 18.9 Å². The first-order chi connectivity index (χ1) is 16.2. The zero-order valence-electron chi connectivity index (χ0n) is 18.2. The number of anilines is 2. The van der Waals surface area contributed by atoms with Gasteiger partial charge in [-0.15, -0.1) is 6.42 Å². The lowest BCUT2D eigenvalue weighted by molar-refractivity contribution is 0.0706. The summed E-state index contributed by atoms with van der Waals surface area (Å²) in [6.07, 6.45) is 12.6. The average molecular weight is 444 g/mol. The number of carbonyl (C=O) groups excluding carboxylic acids is 1. The van der Waals surface area contributed by atoms with Crippen LogP contribution in [0.1, 0.15) is 18.9 Å². The largest absolute Gasteiger partial charge is 0.381 e. The molecule has 0 aromatic carbocycles. The van der Waals surface area contributed by atoms with Crippen LogP contribution in [0.2, 0.25) is 0 Å². The summed E-state index contributed by atoms with van der Waals surface area (Å²) in [5, 5.41) is 13.9. The summed E-state index contributed by atoms with van der Waals surface area (Å²) in [6.45, 7) is 1.62. The Kier molecular flexibility index (Phi) is 5.54. The van der Waals surface area contributed by atoms with Gasteiger partial charge in [0.05, 0.1) is 18.4 Å². The van der Waals surface area contributed by atoms with E-state index in [1.807, 2.05) is 25.4 Å². The minimum absolute atomic E-state index is 0.129. The third-order valence-corrected chi connectivity index (χ3v) is 5.78. The first kappa shape index (κ1) is 20.8. The molecule has 10 heteroatoms. The third kappa shape index (κ3) is 3.83. The smallest absolute Gasteiger partial charge is 0.320 e. The van der Waals surface area contributed by atoms with Gasteiger partial charge in [-0.25, -0.2) is 14.8 Å². The summed E-state index contributed by atoms with van der Waals surface area (Å²) in [4.78, 5) is 21.7. The standard InChI is InChI=1S/C23H24N8O2/c1-3-8-26-23(32)29-19-13-27-31-20(24-2)12-18(28-22(19)31)17-14-30(15-6-10-33-11-7-15)21-16(17)5-4-9-25-21/h1,4-5,9,12-15,24H,6-8,10-11H2,2H3,(H2,26,29,32). The van der Waals surface area contributed by atoms with E-state index in [2.05, 4.69) is 48.8 Å². The van der Waals surface area contributed by atoms with Crippen LogP contribution in [0.15, 0.2) is 36.8 Å². The second-order valence-corrected chi connectivity index (χ2v) is 7.75. The maximum absolute atomic E-state index is 12.2. The fourth-order valence-corrected chi connectivity index (χ4v) is 4.19. The second-order valence-electron chi connectivity index (χ2n) is 7.75. The van der Waals surface area contributed by atoms with Crippen LogP contribution in [0.25, 0.3) is 27.9 Å². The van der Waals surface area contributed by atoms with Gasteiger partial charge in [0, 0.05) is 55.7 Å². The van der Waals surface area contributed by atoms with Gasteiger partial charge in [-0.2, -0.15) is 9.61 Å². The number of amides is 2. The minimum Gasteiger partial charge on any atom is -0.381 e. The molecule has 5 heterocycles. The number of nitrogens with zero attached hydrogens (tertiary/aromatic N) is 5. The fraction of sp³-hybridized carbons (Fsp3) is 0.304. The highest BCUT2D eigenvalue weighted by Crippen LogP contribution is 2.35. The number of nitrogens with one attached hydrogen (secondary N) is 3. The number of fused-ring (bicyclic) bond motifs is 2. The van der Waals surface area contributed by atoms with Gasteiger partial charge in [0.15, 0.2) is 5.65 Å².